The highest BCUT2D eigenvalue weighted by Crippen LogP contribution is 2.40. The summed E-state index contributed by atoms with van der Waals surface area (Å²) >= 11 is 16.3. The quantitative estimate of drug-likeness (QED) is 0.0154. The molecule has 0 aromatic heterocycles. The molecule has 6 aliphatic rings. The van der Waals surface area contributed by atoms with Crippen LogP contribution in [0.5, 0.6) is 51.7 Å². The summed E-state index contributed by atoms with van der Waals surface area (Å²) in [6.45, 7) is 12.5. The summed E-state index contributed by atoms with van der Waals surface area (Å²) in [6.07, 6.45) is -23.3. The summed E-state index contributed by atoms with van der Waals surface area (Å²) < 4.78 is 269. The van der Waals surface area contributed by atoms with E-state index in [1.807, 2.05) is 7.05 Å². The molecule has 3 amide bonds. The molecule has 131 heavy (non-hydrogen) atoms. The van der Waals surface area contributed by atoms with Gasteiger partial charge >= 0.3 is 38.2 Å². The van der Waals surface area contributed by atoms with Crippen LogP contribution in [0.1, 0.15) is 86.6 Å². The van der Waals surface area contributed by atoms with Crippen molar-refractivity contribution in [1.29, 1.82) is 0 Å². The number of hydrogen-bond acceptors (Lipinski definition) is 20. The number of piperidine rings is 1. The number of halogens is 18. The zero-order chi connectivity index (χ0) is 94.9. The van der Waals surface area contributed by atoms with Crippen LogP contribution in [0.2, 0.25) is 0 Å². The molecular weight excluding hydrogens is 1830 g/mol. The number of carbonyl (C=O) groups excluding carboxylic acids is 3. The predicted octanol–water partition coefficient (Wildman–Crippen LogP) is 16.0. The van der Waals surface area contributed by atoms with Crippen molar-refractivity contribution in [1.82, 2.24) is 51.1 Å². The Morgan fingerprint density at radius 2 is 0.786 bits per heavy atom. The van der Waals surface area contributed by atoms with Gasteiger partial charge in [0.25, 0.3) is 5.91 Å². The van der Waals surface area contributed by atoms with Crippen molar-refractivity contribution >= 4 is 80.8 Å². The fraction of sp³-hybridized carbons (Fsp3) is 0.512. The van der Waals surface area contributed by atoms with E-state index < -0.39 is 91.1 Å². The molecule has 8 atom stereocenters. The zero-order valence-corrected chi connectivity index (χ0v) is 73.3. The Morgan fingerprint density at radius 3 is 1.26 bits per heavy atom. The van der Waals surface area contributed by atoms with Gasteiger partial charge in [0.1, 0.15) is 70.1 Å². The van der Waals surface area contributed by atoms with Gasteiger partial charge < -0.3 is 94.5 Å². The first-order valence-electron chi connectivity index (χ1n) is 42.0. The second-order valence-corrected chi connectivity index (χ2v) is 33.4. The van der Waals surface area contributed by atoms with Crippen molar-refractivity contribution in [2.75, 3.05) is 129 Å². The van der Waals surface area contributed by atoms with Crippen molar-refractivity contribution in [2.45, 2.75) is 146 Å². The number of alkyl halides is 18. The maximum Gasteiger partial charge on any atom is 0.573 e. The van der Waals surface area contributed by atoms with Gasteiger partial charge in [0.05, 0.1) is 17.4 Å². The molecule has 3 heterocycles. The third-order valence-corrected chi connectivity index (χ3v) is 22.5. The molecule has 720 valence electrons. The van der Waals surface area contributed by atoms with E-state index in [4.69, 9.17) is 50.9 Å². The number of nitrogens with one attached hydrogen (secondary N) is 7. The molecule has 6 aromatic rings. The van der Waals surface area contributed by atoms with E-state index in [0.29, 0.717) is 106 Å². The molecule has 0 radical (unpaired) electrons. The average molecular weight is 1930 g/mol. The van der Waals surface area contributed by atoms with Gasteiger partial charge in [-0.1, -0.05) is 42.9 Å². The second-order valence-electron chi connectivity index (χ2n) is 32.0. The van der Waals surface area contributed by atoms with Gasteiger partial charge in [0.15, 0.2) is 10.2 Å². The molecular formula is C86H100F18N12O12S3. The highest BCUT2D eigenvalue weighted by molar-refractivity contribution is 7.80. The van der Waals surface area contributed by atoms with E-state index in [-0.39, 0.29) is 86.8 Å². The first kappa shape index (κ1) is 103. The van der Waals surface area contributed by atoms with Crippen LogP contribution in [0.3, 0.4) is 0 Å². The third kappa shape index (κ3) is 37.9. The van der Waals surface area contributed by atoms with Gasteiger partial charge in [0, 0.05) is 146 Å². The highest BCUT2D eigenvalue weighted by Gasteiger charge is 2.44. The van der Waals surface area contributed by atoms with E-state index in [1.54, 1.807) is 6.07 Å². The van der Waals surface area contributed by atoms with E-state index >= 15 is 0 Å². The molecule has 45 heteroatoms. The molecule has 3 aliphatic heterocycles. The summed E-state index contributed by atoms with van der Waals surface area (Å²) in [5.74, 6) is -3.95. The number of piperazine rings is 2. The lowest BCUT2D eigenvalue weighted by molar-refractivity contribution is -0.275. The molecule has 6 fully saturated rings. The molecule has 3 aliphatic carbocycles. The van der Waals surface area contributed by atoms with Gasteiger partial charge in [0.2, 0.25) is 11.8 Å². The Labute approximate surface area is 759 Å². The Kier molecular flexibility index (Phi) is 37.4. The minimum atomic E-state index is -4.93. The molecule has 7 N–H and O–H groups in total. The number of thiocarbonyl (C=S) groups is 3. The second kappa shape index (κ2) is 47.5. The van der Waals surface area contributed by atoms with Gasteiger partial charge in [-0.05, 0) is 222 Å². The highest BCUT2D eigenvalue weighted by atomic mass is 32.1. The lowest BCUT2D eigenvalue weighted by atomic mass is 9.96. The summed E-state index contributed by atoms with van der Waals surface area (Å²) in [6, 6.07) is 28.8. The van der Waals surface area contributed by atoms with Crippen LogP contribution in [-0.4, -0.2) is 245 Å². The number of likely N-dealkylation sites (N-methyl/N-ethyl adjacent to an activating group) is 2. The molecule has 12 rings (SSSR count). The van der Waals surface area contributed by atoms with Crippen molar-refractivity contribution < 1.29 is 136 Å². The van der Waals surface area contributed by atoms with Crippen LogP contribution >= 0.6 is 36.7 Å². The van der Waals surface area contributed by atoms with Crippen molar-refractivity contribution in [3.63, 3.8) is 0 Å². The minimum Gasteiger partial charge on any atom is -0.490 e. The smallest absolute Gasteiger partial charge is 0.490 e. The minimum absolute atomic E-state index is 0.0386. The van der Waals surface area contributed by atoms with Crippen LogP contribution < -0.4 is 79.8 Å². The summed E-state index contributed by atoms with van der Waals surface area (Å²) in [5, 5.41) is 20.9. The maximum absolute atomic E-state index is 13.3. The number of ether oxygens (including phenoxy) is 9. The number of anilines is 2. The molecule has 3 saturated heterocycles. The average Bonchev–Trinajstić information content (AvgIpc) is 1.39. The molecule has 0 bridgehead atoms. The monoisotopic (exact) mass is 1930 g/mol. The Balaban J connectivity index is 0.000000204. The van der Waals surface area contributed by atoms with Gasteiger partial charge in [-0.15, -0.1) is 79.0 Å². The zero-order valence-electron chi connectivity index (χ0n) is 70.9. The van der Waals surface area contributed by atoms with Gasteiger partial charge in [-0.3, -0.25) is 24.2 Å². The number of carbonyl (C=O) groups is 3. The largest absolute Gasteiger partial charge is 0.573 e. The molecule has 8 unspecified atom stereocenters. The van der Waals surface area contributed by atoms with Gasteiger partial charge in [-0.2, -0.15) is 0 Å². The molecule has 3 saturated carbocycles. The molecule has 24 nitrogen and oxygen atoms in total. The summed E-state index contributed by atoms with van der Waals surface area (Å²) in [4.78, 5) is 51.5. The molecule has 6 aromatic carbocycles. The van der Waals surface area contributed by atoms with Crippen LogP contribution in [0, 0.1) is 17.8 Å². The Hall–Kier alpha value is -10.1. The first-order chi connectivity index (χ1) is 61.8. The number of rotatable bonds is 32. The lowest BCUT2D eigenvalue weighted by Crippen LogP contribution is -2.47. The van der Waals surface area contributed by atoms with E-state index in [2.05, 4.69) is 97.2 Å². The van der Waals surface area contributed by atoms with Crippen LogP contribution in [0.15, 0.2) is 140 Å². The van der Waals surface area contributed by atoms with Gasteiger partial charge in [-0.25, -0.2) is 0 Å². The lowest BCUT2D eigenvalue weighted by Gasteiger charge is -2.32. The molecule has 0 spiro atoms. The summed E-state index contributed by atoms with van der Waals surface area (Å²) in [7, 11) is 4.10. The number of nitrogens with zero attached hydrogens (tertiary/aromatic N) is 5. The van der Waals surface area contributed by atoms with Crippen molar-refractivity contribution in [3.8, 4) is 51.7 Å². The fourth-order valence-electron chi connectivity index (χ4n) is 15.7. The topological polar surface area (TPSA) is 235 Å². The predicted molar refractivity (Wildman–Crippen MR) is 459 cm³/mol. The third-order valence-electron chi connectivity index (χ3n) is 21.8. The summed E-state index contributed by atoms with van der Waals surface area (Å²) in [5.41, 5.74) is 1.04. The maximum atomic E-state index is 13.3. The van der Waals surface area contributed by atoms with Crippen LogP contribution in [0.4, 0.5) is 90.4 Å². The fourth-order valence-corrected chi connectivity index (χ4v) is 16.7. The van der Waals surface area contributed by atoms with Crippen molar-refractivity contribution in [2.24, 2.45) is 17.8 Å². The van der Waals surface area contributed by atoms with Crippen LogP contribution in [0.25, 0.3) is 0 Å². The first-order valence-corrected chi connectivity index (χ1v) is 43.2. The number of hydrogen-bond donors (Lipinski definition) is 7. The van der Waals surface area contributed by atoms with Crippen molar-refractivity contribution in [3.05, 3.63) is 151 Å². The van der Waals surface area contributed by atoms with E-state index in [0.717, 1.165) is 145 Å². The Bertz CT molecular complexity index is 4680. The normalized spacial score (nSPS) is 20.8. The van der Waals surface area contributed by atoms with E-state index in [9.17, 15) is 93.4 Å². The van der Waals surface area contributed by atoms with E-state index in [1.165, 1.54) is 79.2 Å². The number of amides is 3. The standard InChI is InChI=1S/C30H35F6N3O4S.C28H33F6N5O4S.C28H32F6N4O4S/c1-38-11-13-39(14-12-38)10-9-37-28(40)26-18-21(17-25(44)16-20-3-2-4-24(15-20)43-30(34,35)36)19-27(26)41-22-5-7-23(8-6-22)42-29(31,32)33;1-38-11-13-39(14-12-38)10-9-35-25(40)23-17-22(43-28(32,33)34)7-8-24(23)41-20-6-5-19(15-20)37-26(44)36-18-3-2-4-21(16-18)42-27(29,30)31;29-27(30,31)41-21-9-7-20(8-10-21)40-24-17-19(16-23(24)25(39)35-11-14-38-12-2-1-3-13-38)37-26(43)36-18-5-4-6-22(15-18)42-28(32,33)34/h2-8,15,21,26-27H,9-14,16-19H2,1H3,(H,37,40);2-4,7-8,16-17,19-20H,5-6,9-15H2,1H3,(H,35,40)(H2,36,37,44);4-10,15,19,23-24H,1-3,11-14,16-17H2,(H,35,39)(H2,36,37,43). The SMILES string of the molecule is CN1CCN(CCNC(=O)C2CC(CC(=S)Cc3cccc(OC(F)(F)F)c3)CC2Oc2ccc(OC(F)(F)F)cc2)CC1.CN1CCN(CCNC(=O)c2cc(OC(F)(F)F)ccc2OC2CCC(NC(=S)Nc3cccc(OC(F)(F)F)c3)C2)CC1.O=C(NCCN1CCCCC1)C1CC(NC(=S)Nc2cccc(OC(F)(F)F)c2)CC1Oc1ccc(OC(F)(F)F)cc1. The number of benzene rings is 6. The van der Waals surface area contributed by atoms with Crippen LogP contribution in [-0.2, 0) is 16.0 Å². The Morgan fingerprint density at radius 1 is 0.389 bits per heavy atom. The number of likely N-dealkylation sites (tertiary alicyclic amines) is 1.